The molecule has 2 aliphatic heterocycles. The van der Waals surface area contributed by atoms with E-state index in [0.29, 0.717) is 49.8 Å². The highest BCUT2D eigenvalue weighted by Gasteiger charge is 2.44. The highest BCUT2D eigenvalue weighted by Crippen LogP contribution is 2.35. The first-order valence-corrected chi connectivity index (χ1v) is 9.11. The van der Waals surface area contributed by atoms with Crippen molar-refractivity contribution in [3.63, 3.8) is 0 Å². The van der Waals surface area contributed by atoms with Gasteiger partial charge < -0.3 is 19.5 Å². The minimum atomic E-state index is -2.57. The Bertz CT molecular complexity index is 970. The third kappa shape index (κ3) is 3.15. The Morgan fingerprint density at radius 3 is 2.79 bits per heavy atom. The molecule has 0 bridgehead atoms. The number of hydrogen-bond acceptors (Lipinski definition) is 5. The summed E-state index contributed by atoms with van der Waals surface area (Å²) in [6.45, 7) is 3.23. The SMILES string of the molecule is CC(F)(C(=O)N1CCc2c(F)cccc21)c1nc(N2CCOCC2)cc(=O)[nH]1. The summed E-state index contributed by atoms with van der Waals surface area (Å²) < 4.78 is 34.9. The van der Waals surface area contributed by atoms with Crippen molar-refractivity contribution in [2.24, 2.45) is 0 Å². The van der Waals surface area contributed by atoms with Gasteiger partial charge in [-0.2, -0.15) is 0 Å². The molecular formula is C19H20F2N4O3. The van der Waals surface area contributed by atoms with E-state index in [0.717, 1.165) is 6.92 Å². The second-order valence-electron chi connectivity index (χ2n) is 7.00. The number of alkyl halides is 1. The lowest BCUT2D eigenvalue weighted by molar-refractivity contribution is -0.130. The number of aromatic nitrogens is 2. The molecule has 7 nitrogen and oxygen atoms in total. The molecule has 0 radical (unpaired) electrons. The van der Waals surface area contributed by atoms with Crippen LogP contribution < -0.4 is 15.4 Å². The molecule has 28 heavy (non-hydrogen) atoms. The second kappa shape index (κ2) is 6.97. The van der Waals surface area contributed by atoms with Crippen molar-refractivity contribution in [2.75, 3.05) is 42.6 Å². The molecule has 0 saturated carbocycles. The Morgan fingerprint density at radius 1 is 1.29 bits per heavy atom. The average Bonchev–Trinajstić information content (AvgIpc) is 3.13. The van der Waals surface area contributed by atoms with Crippen LogP contribution in [-0.4, -0.2) is 48.7 Å². The predicted molar refractivity (Wildman–Crippen MR) is 98.8 cm³/mol. The molecule has 1 N–H and O–H groups in total. The summed E-state index contributed by atoms with van der Waals surface area (Å²) in [6.07, 6.45) is 0.307. The number of nitrogens with zero attached hydrogens (tertiary/aromatic N) is 3. The lowest BCUT2D eigenvalue weighted by atomic mass is 10.1. The van der Waals surface area contributed by atoms with Crippen molar-refractivity contribution >= 4 is 17.4 Å². The fourth-order valence-electron chi connectivity index (χ4n) is 3.58. The average molecular weight is 390 g/mol. The zero-order valence-electron chi connectivity index (χ0n) is 15.4. The van der Waals surface area contributed by atoms with Crippen molar-refractivity contribution in [3.8, 4) is 0 Å². The number of ether oxygens (including phenoxy) is 1. The Morgan fingerprint density at radius 2 is 2.04 bits per heavy atom. The van der Waals surface area contributed by atoms with Gasteiger partial charge in [-0.1, -0.05) is 6.07 Å². The summed E-state index contributed by atoms with van der Waals surface area (Å²) in [5.41, 5.74) is -2.39. The van der Waals surface area contributed by atoms with Crippen LogP contribution in [0.15, 0.2) is 29.1 Å². The minimum Gasteiger partial charge on any atom is -0.378 e. The third-order valence-electron chi connectivity index (χ3n) is 5.13. The summed E-state index contributed by atoms with van der Waals surface area (Å²) in [7, 11) is 0. The van der Waals surface area contributed by atoms with E-state index >= 15 is 4.39 Å². The quantitative estimate of drug-likeness (QED) is 0.860. The highest BCUT2D eigenvalue weighted by atomic mass is 19.1. The third-order valence-corrected chi connectivity index (χ3v) is 5.13. The number of amides is 1. The van der Waals surface area contributed by atoms with E-state index in [4.69, 9.17) is 4.74 Å². The Labute approximate surface area is 159 Å². The molecule has 1 amide bonds. The van der Waals surface area contributed by atoms with Gasteiger partial charge in [-0.05, 0) is 25.5 Å². The van der Waals surface area contributed by atoms with Gasteiger partial charge >= 0.3 is 0 Å². The van der Waals surface area contributed by atoms with Gasteiger partial charge in [-0.25, -0.2) is 13.8 Å². The normalized spacial score (nSPS) is 18.7. The molecule has 3 heterocycles. The predicted octanol–water partition coefficient (Wildman–Crippen LogP) is 1.52. The van der Waals surface area contributed by atoms with Crippen molar-refractivity contribution in [1.29, 1.82) is 0 Å². The number of fused-ring (bicyclic) bond motifs is 1. The van der Waals surface area contributed by atoms with E-state index in [1.165, 1.54) is 23.1 Å². The topological polar surface area (TPSA) is 78.5 Å². The molecule has 1 saturated heterocycles. The van der Waals surface area contributed by atoms with Crippen LogP contribution in [0.2, 0.25) is 0 Å². The number of rotatable bonds is 3. The Kier molecular flexibility index (Phi) is 4.62. The molecule has 1 fully saturated rings. The van der Waals surface area contributed by atoms with Crippen LogP contribution >= 0.6 is 0 Å². The standard InChI is InChI=1S/C19H20F2N4O3/c1-19(21,18(27)25-6-5-12-13(20)3-2-4-14(12)25)17-22-15(11-16(26)23-17)24-7-9-28-10-8-24/h2-4,11H,5-10H2,1H3,(H,22,23,26). The maximum absolute atomic E-state index is 15.6. The second-order valence-corrected chi connectivity index (χ2v) is 7.00. The van der Waals surface area contributed by atoms with Gasteiger partial charge in [0, 0.05) is 37.0 Å². The summed E-state index contributed by atoms with van der Waals surface area (Å²) in [5, 5.41) is 0. The first-order chi connectivity index (χ1) is 13.4. The van der Waals surface area contributed by atoms with Crippen molar-refractivity contribution in [2.45, 2.75) is 19.0 Å². The maximum Gasteiger partial charge on any atom is 0.272 e. The van der Waals surface area contributed by atoms with Crippen molar-refractivity contribution in [3.05, 3.63) is 51.8 Å². The number of carbonyl (C=O) groups is 1. The molecule has 2 aromatic rings. The van der Waals surface area contributed by atoms with Gasteiger partial charge in [-0.3, -0.25) is 9.59 Å². The molecule has 1 aromatic carbocycles. The molecule has 0 aliphatic carbocycles. The van der Waals surface area contributed by atoms with Crippen LogP contribution in [0, 0.1) is 5.82 Å². The fraction of sp³-hybridized carbons (Fsp3) is 0.421. The smallest absolute Gasteiger partial charge is 0.272 e. The zero-order valence-corrected chi connectivity index (χ0v) is 15.4. The molecule has 1 unspecified atom stereocenters. The molecule has 1 atom stereocenters. The minimum absolute atomic E-state index is 0.169. The molecular weight excluding hydrogens is 370 g/mol. The molecule has 148 valence electrons. The summed E-state index contributed by atoms with van der Waals surface area (Å²) in [4.78, 5) is 34.6. The number of benzene rings is 1. The van der Waals surface area contributed by atoms with Crippen molar-refractivity contribution in [1.82, 2.24) is 9.97 Å². The molecule has 1 aromatic heterocycles. The van der Waals surface area contributed by atoms with Crippen LogP contribution in [0.1, 0.15) is 18.3 Å². The van der Waals surface area contributed by atoms with E-state index in [1.54, 1.807) is 6.07 Å². The zero-order chi connectivity index (χ0) is 19.9. The number of nitrogens with one attached hydrogen (secondary N) is 1. The lowest BCUT2D eigenvalue weighted by Crippen LogP contribution is -2.44. The number of aromatic amines is 1. The monoisotopic (exact) mass is 390 g/mol. The van der Waals surface area contributed by atoms with Gasteiger partial charge in [0.15, 0.2) is 5.82 Å². The van der Waals surface area contributed by atoms with E-state index in [1.807, 2.05) is 4.90 Å². The Balaban J connectivity index is 1.67. The van der Waals surface area contributed by atoms with Crippen molar-refractivity contribution < 1.29 is 18.3 Å². The lowest BCUT2D eigenvalue weighted by Gasteiger charge is -2.29. The first-order valence-electron chi connectivity index (χ1n) is 9.11. The number of anilines is 2. The summed E-state index contributed by atoms with van der Waals surface area (Å²) >= 11 is 0. The largest absolute Gasteiger partial charge is 0.378 e. The highest BCUT2D eigenvalue weighted by molar-refractivity contribution is 6.00. The van der Waals surface area contributed by atoms with Crippen LogP contribution in [0.4, 0.5) is 20.3 Å². The van der Waals surface area contributed by atoms with Crippen LogP contribution in [0.25, 0.3) is 0 Å². The van der Waals surface area contributed by atoms with Gasteiger partial charge in [0.25, 0.3) is 11.5 Å². The first kappa shape index (κ1) is 18.5. The molecule has 2 aliphatic rings. The number of morpholine rings is 1. The number of H-pyrrole nitrogens is 1. The fourth-order valence-corrected chi connectivity index (χ4v) is 3.58. The van der Waals surface area contributed by atoms with E-state index in [9.17, 15) is 14.0 Å². The molecule has 0 spiro atoms. The number of halogens is 2. The van der Waals surface area contributed by atoms with Crippen LogP contribution in [0.5, 0.6) is 0 Å². The molecule has 9 heteroatoms. The number of hydrogen-bond donors (Lipinski definition) is 1. The van der Waals surface area contributed by atoms with Gasteiger partial charge in [0.2, 0.25) is 5.67 Å². The van der Waals surface area contributed by atoms with E-state index < -0.39 is 23.0 Å². The van der Waals surface area contributed by atoms with E-state index in [2.05, 4.69) is 9.97 Å². The maximum atomic E-state index is 15.6. The summed E-state index contributed by atoms with van der Waals surface area (Å²) in [5.74, 6) is -1.38. The van der Waals surface area contributed by atoms with Gasteiger partial charge in [-0.15, -0.1) is 0 Å². The van der Waals surface area contributed by atoms with Crippen LogP contribution in [0.3, 0.4) is 0 Å². The number of carbonyl (C=O) groups excluding carboxylic acids is 1. The Hall–Kier alpha value is -2.81. The van der Waals surface area contributed by atoms with Gasteiger partial charge in [0.1, 0.15) is 11.6 Å². The van der Waals surface area contributed by atoms with E-state index in [-0.39, 0.29) is 12.4 Å². The van der Waals surface area contributed by atoms with Crippen LogP contribution in [-0.2, 0) is 21.6 Å². The van der Waals surface area contributed by atoms with Gasteiger partial charge in [0.05, 0.1) is 13.2 Å². The summed E-state index contributed by atoms with van der Waals surface area (Å²) in [6, 6.07) is 5.65. The molecule has 4 rings (SSSR count).